The average Bonchev–Trinajstić information content (AvgIpc) is 2.38. The summed E-state index contributed by atoms with van der Waals surface area (Å²) in [6.45, 7) is 1.68. The van der Waals surface area contributed by atoms with Crippen LogP contribution in [0.1, 0.15) is 18.9 Å². The van der Waals surface area contributed by atoms with Gasteiger partial charge in [-0.15, -0.1) is 0 Å². The predicted octanol–water partition coefficient (Wildman–Crippen LogP) is 2.74. The lowest BCUT2D eigenvalue weighted by Crippen LogP contribution is -2.60. The number of thioether (sulfide) groups is 1. The van der Waals surface area contributed by atoms with Gasteiger partial charge in [0.05, 0.1) is 12.7 Å². The van der Waals surface area contributed by atoms with Crippen molar-refractivity contribution in [1.82, 2.24) is 0 Å². The molecule has 2 heterocycles. The first-order chi connectivity index (χ1) is 9.84. The Kier molecular flexibility index (Phi) is 3.44. The van der Waals surface area contributed by atoms with Gasteiger partial charge in [0.25, 0.3) is 0 Å². The summed E-state index contributed by atoms with van der Waals surface area (Å²) in [7, 11) is 0. The van der Waals surface area contributed by atoms with Crippen LogP contribution in [0.4, 0.5) is 13.2 Å². The van der Waals surface area contributed by atoms with Gasteiger partial charge in [-0.3, -0.25) is 0 Å². The molecule has 2 N–H and O–H groups in total. The summed E-state index contributed by atoms with van der Waals surface area (Å²) in [4.78, 5) is 4.22. The molecule has 21 heavy (non-hydrogen) atoms. The Balaban J connectivity index is 2.19. The van der Waals surface area contributed by atoms with Crippen molar-refractivity contribution in [3.05, 3.63) is 35.4 Å². The Morgan fingerprint density at radius 3 is 2.67 bits per heavy atom. The molecule has 3 rings (SSSR count). The molecule has 0 spiro atoms. The summed E-state index contributed by atoms with van der Waals surface area (Å²) in [6, 6.07) is 2.95. The van der Waals surface area contributed by atoms with Crippen LogP contribution in [0.3, 0.4) is 0 Å². The van der Waals surface area contributed by atoms with Crippen molar-refractivity contribution >= 4 is 16.9 Å². The quantitative estimate of drug-likeness (QED) is 0.866. The van der Waals surface area contributed by atoms with Gasteiger partial charge in [-0.05, 0) is 24.6 Å². The first-order valence-electron chi connectivity index (χ1n) is 6.60. The second-order valence-electron chi connectivity index (χ2n) is 5.55. The summed E-state index contributed by atoms with van der Waals surface area (Å²) in [6.07, 6.45) is -0.175. The van der Waals surface area contributed by atoms with Crippen molar-refractivity contribution in [3.63, 3.8) is 0 Å². The maximum atomic E-state index is 15.5. The van der Waals surface area contributed by atoms with Crippen molar-refractivity contribution in [2.24, 2.45) is 10.7 Å². The number of rotatable bonds is 1. The smallest absolute Gasteiger partial charge is 0.155 e. The average molecular weight is 316 g/mol. The van der Waals surface area contributed by atoms with Crippen molar-refractivity contribution in [2.45, 2.75) is 30.7 Å². The van der Waals surface area contributed by atoms with Gasteiger partial charge in [0.2, 0.25) is 0 Å². The molecule has 0 saturated carbocycles. The second kappa shape index (κ2) is 4.91. The Morgan fingerprint density at radius 2 is 2.00 bits per heavy atom. The number of nitrogens with two attached hydrogens (primary N) is 1. The number of alkyl halides is 1. The zero-order valence-electron chi connectivity index (χ0n) is 11.4. The molecule has 7 heteroatoms. The third kappa shape index (κ3) is 2.32. The van der Waals surface area contributed by atoms with E-state index < -0.39 is 22.8 Å². The fraction of sp³-hybridized carbons (Fsp3) is 0.500. The number of ether oxygens (including phenoxy) is 1. The maximum absolute atomic E-state index is 15.5. The lowest BCUT2D eigenvalue weighted by molar-refractivity contribution is -0.106. The van der Waals surface area contributed by atoms with Gasteiger partial charge in [0.15, 0.2) is 10.8 Å². The van der Waals surface area contributed by atoms with E-state index in [1.54, 1.807) is 6.92 Å². The van der Waals surface area contributed by atoms with Gasteiger partial charge < -0.3 is 10.5 Å². The number of halogens is 3. The van der Waals surface area contributed by atoms with E-state index >= 15 is 4.39 Å². The Morgan fingerprint density at radius 1 is 1.33 bits per heavy atom. The zero-order valence-corrected chi connectivity index (χ0v) is 12.2. The highest BCUT2D eigenvalue weighted by Crippen LogP contribution is 2.51. The number of nitrogens with zero attached hydrogens (tertiary/aromatic N) is 1. The van der Waals surface area contributed by atoms with Crippen molar-refractivity contribution in [3.8, 4) is 0 Å². The van der Waals surface area contributed by atoms with Crippen LogP contribution in [0.25, 0.3) is 0 Å². The van der Waals surface area contributed by atoms with Gasteiger partial charge in [-0.25, -0.2) is 18.2 Å². The summed E-state index contributed by atoms with van der Waals surface area (Å²) in [5.41, 5.74) is 2.62. The summed E-state index contributed by atoms with van der Waals surface area (Å²) in [5, 5.41) is 0.200. The number of fused-ring (bicyclic) bond motifs is 1. The van der Waals surface area contributed by atoms with E-state index in [0.29, 0.717) is 0 Å². The topological polar surface area (TPSA) is 47.6 Å². The molecule has 1 aromatic carbocycles. The molecule has 1 fully saturated rings. The summed E-state index contributed by atoms with van der Waals surface area (Å²) in [5.74, 6) is -1.45. The van der Waals surface area contributed by atoms with Gasteiger partial charge in [-0.2, -0.15) is 0 Å². The fourth-order valence-corrected chi connectivity index (χ4v) is 3.95. The Bertz CT molecular complexity index is 592. The molecule has 0 radical (unpaired) electrons. The van der Waals surface area contributed by atoms with Gasteiger partial charge in [0.1, 0.15) is 17.2 Å². The van der Waals surface area contributed by atoms with Gasteiger partial charge in [0, 0.05) is 18.2 Å². The molecule has 0 aromatic heterocycles. The van der Waals surface area contributed by atoms with E-state index in [0.717, 1.165) is 30.0 Å². The first kappa shape index (κ1) is 14.7. The third-order valence-corrected chi connectivity index (χ3v) is 5.01. The molecule has 2 aliphatic rings. The molecule has 0 amide bonds. The first-order valence-corrected chi connectivity index (χ1v) is 7.58. The minimum absolute atomic E-state index is 0.0885. The highest BCUT2D eigenvalue weighted by atomic mass is 32.2. The highest BCUT2D eigenvalue weighted by Gasteiger charge is 2.59. The lowest BCUT2D eigenvalue weighted by Gasteiger charge is -2.49. The fourth-order valence-electron chi connectivity index (χ4n) is 2.99. The number of hydrogen-bond acceptors (Lipinski definition) is 4. The van der Waals surface area contributed by atoms with E-state index in [-0.39, 0.29) is 35.6 Å². The predicted molar refractivity (Wildman–Crippen MR) is 76.0 cm³/mol. The molecule has 2 aliphatic heterocycles. The van der Waals surface area contributed by atoms with Crippen molar-refractivity contribution in [1.29, 1.82) is 0 Å². The Labute approximate surface area is 124 Å². The van der Waals surface area contributed by atoms with Crippen LogP contribution < -0.4 is 5.73 Å². The molecule has 0 bridgehead atoms. The molecule has 0 aliphatic carbocycles. The van der Waals surface area contributed by atoms with Crippen LogP contribution in [0.2, 0.25) is 0 Å². The van der Waals surface area contributed by atoms with Crippen LogP contribution in [0.5, 0.6) is 0 Å². The van der Waals surface area contributed by atoms with E-state index in [1.807, 2.05) is 0 Å². The second-order valence-corrected chi connectivity index (χ2v) is 6.54. The van der Waals surface area contributed by atoms with E-state index in [1.165, 1.54) is 0 Å². The van der Waals surface area contributed by atoms with Crippen LogP contribution in [0.15, 0.2) is 23.2 Å². The van der Waals surface area contributed by atoms with Gasteiger partial charge in [-0.1, -0.05) is 11.8 Å². The van der Waals surface area contributed by atoms with Crippen LogP contribution >= 0.6 is 11.8 Å². The standard InChI is InChI=1S/C14H15F3N2OS/c1-8-5-13(17)7-21-12(18)19-14(13,6-20-8)9-2-10(15)4-11(16)3-9/h2-4,8H,5-7H2,1H3,(H2,18,19)/t8-,13+,14+/m0/s1. The number of benzene rings is 1. The number of hydrogen-bond donors (Lipinski definition) is 1. The van der Waals surface area contributed by atoms with Crippen LogP contribution in [-0.2, 0) is 10.3 Å². The molecule has 1 aromatic rings. The largest absolute Gasteiger partial charge is 0.379 e. The highest BCUT2D eigenvalue weighted by molar-refractivity contribution is 8.13. The van der Waals surface area contributed by atoms with E-state index in [9.17, 15) is 8.78 Å². The van der Waals surface area contributed by atoms with Crippen LogP contribution in [-0.4, -0.2) is 29.3 Å². The number of amidine groups is 1. The SMILES string of the molecule is C[C@H]1C[C@@]2(F)CSC(N)=N[C@@]2(c2cc(F)cc(F)c2)CO1. The molecular weight excluding hydrogens is 301 g/mol. The van der Waals surface area contributed by atoms with Crippen LogP contribution in [0, 0.1) is 11.6 Å². The van der Waals surface area contributed by atoms with E-state index in [2.05, 4.69) is 4.99 Å². The maximum Gasteiger partial charge on any atom is 0.155 e. The third-order valence-electron chi connectivity index (χ3n) is 4.02. The monoisotopic (exact) mass is 316 g/mol. The van der Waals surface area contributed by atoms with E-state index in [4.69, 9.17) is 10.5 Å². The summed E-state index contributed by atoms with van der Waals surface area (Å²) < 4.78 is 48.2. The van der Waals surface area contributed by atoms with Crippen molar-refractivity contribution in [2.75, 3.05) is 12.4 Å². The molecule has 3 nitrogen and oxygen atoms in total. The van der Waals surface area contributed by atoms with Gasteiger partial charge >= 0.3 is 0 Å². The molecular formula is C14H15F3N2OS. The molecule has 114 valence electrons. The minimum atomic E-state index is -1.75. The zero-order chi connectivity index (χ0) is 15.3. The van der Waals surface area contributed by atoms with Crippen molar-refractivity contribution < 1.29 is 17.9 Å². The summed E-state index contributed by atoms with van der Waals surface area (Å²) >= 11 is 1.12. The lowest BCUT2D eigenvalue weighted by atomic mass is 9.73. The normalized spacial score (nSPS) is 36.0. The molecule has 3 atom stereocenters. The molecule has 0 unspecified atom stereocenters. The Hall–Kier alpha value is -1.21. The number of aliphatic imine (C=N–C) groups is 1. The minimum Gasteiger partial charge on any atom is -0.379 e. The molecule has 1 saturated heterocycles.